The van der Waals surface area contributed by atoms with E-state index in [1.54, 1.807) is 6.92 Å². The number of halogens is 3. The minimum Gasteiger partial charge on any atom is -0.351 e. The second-order valence-corrected chi connectivity index (χ2v) is 6.66. The van der Waals surface area contributed by atoms with Gasteiger partial charge in [-0.3, -0.25) is 9.59 Å². The molecule has 0 atom stereocenters. The van der Waals surface area contributed by atoms with Crippen LogP contribution in [0.5, 0.6) is 0 Å². The molecule has 9 nitrogen and oxygen atoms in total. The zero-order valence-electron chi connectivity index (χ0n) is 18.1. The van der Waals surface area contributed by atoms with Gasteiger partial charge in [0.25, 0.3) is 5.91 Å². The second-order valence-electron chi connectivity index (χ2n) is 6.66. The van der Waals surface area contributed by atoms with Crippen molar-refractivity contribution >= 4 is 17.5 Å². The van der Waals surface area contributed by atoms with E-state index in [-0.39, 0.29) is 18.8 Å². The summed E-state index contributed by atoms with van der Waals surface area (Å²) >= 11 is 0. The molecule has 176 valence electrons. The molecule has 0 unspecified atom stereocenters. The number of nitrogens with zero attached hydrogens (tertiary/aromatic N) is 4. The number of hydrogen-bond acceptors (Lipinski definition) is 6. The minimum atomic E-state index is -1.70. The van der Waals surface area contributed by atoms with Crippen molar-refractivity contribution in [1.29, 1.82) is 0 Å². The zero-order chi connectivity index (χ0) is 23.7. The summed E-state index contributed by atoms with van der Waals surface area (Å²) in [5.41, 5.74) is -0.529. The zero-order valence-corrected chi connectivity index (χ0v) is 18.1. The van der Waals surface area contributed by atoms with E-state index in [0.717, 1.165) is 6.07 Å². The van der Waals surface area contributed by atoms with Gasteiger partial charge in [0.05, 0.1) is 18.4 Å². The topological polar surface area (TPSA) is 98.6 Å². The molecule has 0 aliphatic heterocycles. The maximum absolute atomic E-state index is 13.8. The summed E-state index contributed by atoms with van der Waals surface area (Å²) < 4.78 is 52.5. The van der Waals surface area contributed by atoms with Crippen molar-refractivity contribution in [2.75, 3.05) is 31.6 Å². The lowest BCUT2D eigenvalue weighted by Gasteiger charge is -2.20. The SMILES string of the molecule is CCCN(CC(=O)Nc1ccc(F)c(F)c1F)C(=O)c1cn(CC(OCC)OCC)nn1. The Morgan fingerprint density at radius 2 is 1.81 bits per heavy atom. The van der Waals surface area contributed by atoms with Gasteiger partial charge in [0.2, 0.25) is 5.91 Å². The van der Waals surface area contributed by atoms with Crippen molar-refractivity contribution in [2.24, 2.45) is 0 Å². The third kappa shape index (κ3) is 6.76. The molecule has 0 bridgehead atoms. The van der Waals surface area contributed by atoms with Crippen LogP contribution in [-0.2, 0) is 20.8 Å². The lowest BCUT2D eigenvalue weighted by Crippen LogP contribution is -2.38. The average Bonchev–Trinajstić information content (AvgIpc) is 3.22. The second kappa shape index (κ2) is 12.2. The fraction of sp³-hybridized carbons (Fsp3) is 0.500. The Hall–Kier alpha value is -2.99. The monoisotopic (exact) mass is 457 g/mol. The van der Waals surface area contributed by atoms with Crippen LogP contribution < -0.4 is 5.32 Å². The van der Waals surface area contributed by atoms with Crippen LogP contribution in [0, 0.1) is 17.5 Å². The molecule has 1 aromatic carbocycles. The molecule has 12 heteroatoms. The standard InChI is InChI=1S/C20H26F3N5O4/c1-4-9-27(11-16(29)24-14-8-7-13(21)18(22)19(14)23)20(30)15-10-28(26-25-15)12-17(31-5-2)32-6-3/h7-8,10,17H,4-6,9,11-12H2,1-3H3,(H,24,29). The third-order valence-corrected chi connectivity index (χ3v) is 4.22. The normalized spacial score (nSPS) is 11.1. The van der Waals surface area contributed by atoms with E-state index in [1.807, 2.05) is 13.8 Å². The summed E-state index contributed by atoms with van der Waals surface area (Å²) in [5, 5.41) is 9.88. The third-order valence-electron chi connectivity index (χ3n) is 4.22. The Morgan fingerprint density at radius 1 is 1.12 bits per heavy atom. The number of hydrogen-bond donors (Lipinski definition) is 1. The van der Waals surface area contributed by atoms with E-state index < -0.39 is 47.8 Å². The Balaban J connectivity index is 2.07. The summed E-state index contributed by atoms with van der Waals surface area (Å²) in [6.07, 6.45) is 1.38. The van der Waals surface area contributed by atoms with Crippen LogP contribution in [0.25, 0.3) is 0 Å². The quantitative estimate of drug-likeness (QED) is 0.389. The molecule has 0 spiro atoms. The van der Waals surface area contributed by atoms with Crippen LogP contribution in [0.1, 0.15) is 37.7 Å². The Kier molecular flexibility index (Phi) is 9.60. The van der Waals surface area contributed by atoms with Crippen LogP contribution >= 0.6 is 0 Å². The summed E-state index contributed by atoms with van der Waals surface area (Å²) in [7, 11) is 0. The van der Waals surface area contributed by atoms with E-state index in [2.05, 4.69) is 15.6 Å². The highest BCUT2D eigenvalue weighted by atomic mass is 19.2. The fourth-order valence-corrected chi connectivity index (χ4v) is 2.83. The van der Waals surface area contributed by atoms with Gasteiger partial charge in [-0.25, -0.2) is 17.9 Å². The highest BCUT2D eigenvalue weighted by Gasteiger charge is 2.23. The van der Waals surface area contributed by atoms with E-state index in [4.69, 9.17) is 9.47 Å². The summed E-state index contributed by atoms with van der Waals surface area (Å²) in [6.45, 7) is 6.29. The molecule has 0 fully saturated rings. The molecule has 1 heterocycles. The largest absolute Gasteiger partial charge is 0.351 e. The molecule has 2 aromatic rings. The first-order valence-electron chi connectivity index (χ1n) is 10.2. The van der Waals surface area contributed by atoms with Gasteiger partial charge in [-0.05, 0) is 32.4 Å². The number of amides is 2. The van der Waals surface area contributed by atoms with E-state index in [0.29, 0.717) is 25.7 Å². The van der Waals surface area contributed by atoms with E-state index in [1.165, 1.54) is 15.8 Å². The summed E-state index contributed by atoms with van der Waals surface area (Å²) in [5.74, 6) is -5.94. The maximum Gasteiger partial charge on any atom is 0.276 e. The Bertz CT molecular complexity index is 919. The Morgan fingerprint density at radius 3 is 2.44 bits per heavy atom. The van der Waals surface area contributed by atoms with Gasteiger partial charge in [0.1, 0.15) is 6.54 Å². The molecule has 32 heavy (non-hydrogen) atoms. The van der Waals surface area contributed by atoms with Crippen molar-refractivity contribution < 1.29 is 32.2 Å². The highest BCUT2D eigenvalue weighted by Crippen LogP contribution is 2.19. The molecular weight excluding hydrogens is 431 g/mol. The first-order valence-corrected chi connectivity index (χ1v) is 10.2. The highest BCUT2D eigenvalue weighted by molar-refractivity contribution is 5.98. The molecule has 0 saturated carbocycles. The van der Waals surface area contributed by atoms with Crippen LogP contribution in [0.15, 0.2) is 18.3 Å². The van der Waals surface area contributed by atoms with Crippen molar-refractivity contribution in [3.63, 3.8) is 0 Å². The van der Waals surface area contributed by atoms with Gasteiger partial charge in [0, 0.05) is 19.8 Å². The predicted molar refractivity (Wildman–Crippen MR) is 108 cm³/mol. The van der Waals surface area contributed by atoms with E-state index in [9.17, 15) is 22.8 Å². The molecule has 0 aliphatic carbocycles. The number of carbonyl (C=O) groups is 2. The summed E-state index contributed by atoms with van der Waals surface area (Å²) in [4.78, 5) is 26.3. The number of nitrogens with one attached hydrogen (secondary N) is 1. The molecule has 0 saturated heterocycles. The molecule has 2 rings (SSSR count). The molecule has 2 amide bonds. The molecule has 0 radical (unpaired) electrons. The van der Waals surface area contributed by atoms with Gasteiger partial charge in [-0.2, -0.15) is 0 Å². The van der Waals surface area contributed by atoms with Crippen LogP contribution in [0.2, 0.25) is 0 Å². The number of rotatable bonds is 12. The predicted octanol–water partition coefficient (Wildman–Crippen LogP) is 2.59. The minimum absolute atomic E-state index is 0.00277. The van der Waals surface area contributed by atoms with E-state index >= 15 is 0 Å². The first-order chi connectivity index (χ1) is 15.3. The maximum atomic E-state index is 13.8. The molecule has 1 N–H and O–H groups in total. The number of ether oxygens (including phenoxy) is 2. The lowest BCUT2D eigenvalue weighted by molar-refractivity contribution is -0.145. The van der Waals surface area contributed by atoms with Crippen molar-refractivity contribution in [2.45, 2.75) is 40.0 Å². The van der Waals surface area contributed by atoms with Crippen molar-refractivity contribution in [3.8, 4) is 0 Å². The summed E-state index contributed by atoms with van der Waals surface area (Å²) in [6, 6.07) is 1.59. The number of aromatic nitrogens is 3. The number of benzene rings is 1. The molecule has 0 aliphatic rings. The van der Waals surface area contributed by atoms with Gasteiger partial charge < -0.3 is 19.7 Å². The average molecular weight is 457 g/mol. The number of carbonyl (C=O) groups excluding carboxylic acids is 2. The van der Waals surface area contributed by atoms with Gasteiger partial charge in [0.15, 0.2) is 29.4 Å². The van der Waals surface area contributed by atoms with Crippen LogP contribution in [0.4, 0.5) is 18.9 Å². The Labute approximate surface area is 183 Å². The number of anilines is 1. The van der Waals surface area contributed by atoms with Crippen molar-refractivity contribution in [3.05, 3.63) is 41.5 Å². The van der Waals surface area contributed by atoms with Gasteiger partial charge >= 0.3 is 0 Å². The fourth-order valence-electron chi connectivity index (χ4n) is 2.83. The van der Waals surface area contributed by atoms with Crippen molar-refractivity contribution in [1.82, 2.24) is 19.9 Å². The van der Waals surface area contributed by atoms with Gasteiger partial charge in [-0.1, -0.05) is 12.1 Å². The lowest BCUT2D eigenvalue weighted by atomic mass is 10.2. The van der Waals surface area contributed by atoms with Gasteiger partial charge in [-0.15, -0.1) is 5.10 Å². The first kappa shape index (κ1) is 25.3. The molecular formula is C20H26F3N5O4. The smallest absolute Gasteiger partial charge is 0.276 e. The molecule has 1 aromatic heterocycles. The van der Waals surface area contributed by atoms with Crippen LogP contribution in [-0.4, -0.2) is 64.3 Å². The van der Waals surface area contributed by atoms with Crippen LogP contribution in [0.3, 0.4) is 0 Å².